The van der Waals surface area contributed by atoms with Crippen molar-refractivity contribution in [3.63, 3.8) is 0 Å². The zero-order valence-corrected chi connectivity index (χ0v) is 13.3. The molecule has 100 valence electrons. The minimum absolute atomic E-state index is 0.0988. The molecule has 0 bridgehead atoms. The maximum Gasteiger partial charge on any atom is 0.194 e. The van der Waals surface area contributed by atoms with E-state index in [4.69, 9.17) is 11.6 Å². The molecule has 18 heavy (non-hydrogen) atoms. The molecule has 1 atom stereocenters. The Kier molecular flexibility index (Phi) is 4.98. The molecular weight excluding hydrogens is 340 g/mol. The lowest BCUT2D eigenvalue weighted by Crippen LogP contribution is -2.41. The van der Waals surface area contributed by atoms with Crippen LogP contribution in [0.3, 0.4) is 0 Å². The number of ketones is 1. The van der Waals surface area contributed by atoms with Crippen molar-refractivity contribution in [2.45, 2.75) is 23.9 Å². The van der Waals surface area contributed by atoms with E-state index >= 15 is 0 Å². The Labute approximate surface area is 121 Å². The second-order valence-electron chi connectivity index (χ2n) is 3.82. The average Bonchev–Trinajstić information content (AvgIpc) is 2.36. The SMILES string of the molecule is CC[C@](Br)(C(=O)c1cccc(Cl)c1)S(=O)(=O)CC. The van der Waals surface area contributed by atoms with E-state index in [2.05, 4.69) is 15.9 Å². The Morgan fingerprint density at radius 2 is 2.00 bits per heavy atom. The van der Waals surface area contributed by atoms with Crippen LogP contribution >= 0.6 is 27.5 Å². The second kappa shape index (κ2) is 5.72. The molecule has 0 N–H and O–H groups in total. The third-order valence-corrected chi connectivity index (χ3v) is 7.61. The molecule has 0 aromatic heterocycles. The van der Waals surface area contributed by atoms with Crippen molar-refractivity contribution in [2.75, 3.05) is 5.75 Å². The van der Waals surface area contributed by atoms with Crippen LogP contribution < -0.4 is 0 Å². The molecule has 6 heteroatoms. The topological polar surface area (TPSA) is 51.2 Å². The van der Waals surface area contributed by atoms with Gasteiger partial charge in [-0.3, -0.25) is 4.79 Å². The number of halogens is 2. The van der Waals surface area contributed by atoms with Crippen LogP contribution in [0.15, 0.2) is 24.3 Å². The molecule has 0 amide bonds. The zero-order chi connectivity index (χ0) is 14.0. The summed E-state index contributed by atoms with van der Waals surface area (Å²) >= 11 is 8.93. The first-order valence-corrected chi connectivity index (χ1v) is 8.32. The molecule has 0 unspecified atom stereocenters. The summed E-state index contributed by atoms with van der Waals surface area (Å²) in [5, 5.41) is 0.403. The summed E-state index contributed by atoms with van der Waals surface area (Å²) in [5.41, 5.74) is 0.290. The van der Waals surface area contributed by atoms with Gasteiger partial charge < -0.3 is 0 Å². The van der Waals surface area contributed by atoms with Gasteiger partial charge in [0.25, 0.3) is 0 Å². The van der Waals surface area contributed by atoms with Crippen molar-refractivity contribution in [3.05, 3.63) is 34.9 Å². The van der Waals surface area contributed by atoms with Crippen LogP contribution in [-0.4, -0.2) is 23.6 Å². The van der Waals surface area contributed by atoms with E-state index in [9.17, 15) is 13.2 Å². The summed E-state index contributed by atoms with van der Waals surface area (Å²) in [4.78, 5) is 12.4. The fraction of sp³-hybridized carbons (Fsp3) is 0.417. The molecule has 0 saturated carbocycles. The lowest BCUT2D eigenvalue weighted by molar-refractivity contribution is 0.0976. The predicted molar refractivity (Wildman–Crippen MR) is 77.2 cm³/mol. The highest BCUT2D eigenvalue weighted by molar-refractivity contribution is 9.12. The van der Waals surface area contributed by atoms with E-state index in [1.807, 2.05) is 0 Å². The fourth-order valence-corrected chi connectivity index (χ4v) is 4.00. The zero-order valence-electron chi connectivity index (χ0n) is 10.1. The Bertz CT molecular complexity index is 556. The Morgan fingerprint density at radius 3 is 2.44 bits per heavy atom. The first kappa shape index (κ1) is 15.7. The second-order valence-corrected chi connectivity index (χ2v) is 8.64. The van der Waals surface area contributed by atoms with E-state index in [-0.39, 0.29) is 12.2 Å². The molecule has 0 aliphatic heterocycles. The summed E-state index contributed by atoms with van der Waals surface area (Å²) in [6.45, 7) is 3.18. The Hall–Kier alpha value is -0.390. The van der Waals surface area contributed by atoms with Gasteiger partial charge in [0.2, 0.25) is 0 Å². The third kappa shape index (κ3) is 2.78. The molecule has 0 heterocycles. The number of hydrogen-bond acceptors (Lipinski definition) is 3. The summed E-state index contributed by atoms with van der Waals surface area (Å²) < 4.78 is 22.5. The number of rotatable bonds is 5. The summed E-state index contributed by atoms with van der Waals surface area (Å²) in [6.07, 6.45) is 0.161. The van der Waals surface area contributed by atoms with Crippen molar-refractivity contribution in [1.82, 2.24) is 0 Å². The maximum absolute atomic E-state index is 12.4. The van der Waals surface area contributed by atoms with Crippen LogP contribution in [0.4, 0.5) is 0 Å². The van der Waals surface area contributed by atoms with Crippen molar-refractivity contribution in [3.8, 4) is 0 Å². The molecule has 3 nitrogen and oxygen atoms in total. The highest BCUT2D eigenvalue weighted by atomic mass is 79.9. The molecule has 0 spiro atoms. The number of hydrogen-bond donors (Lipinski definition) is 0. The largest absolute Gasteiger partial charge is 0.291 e. The number of benzene rings is 1. The normalized spacial score (nSPS) is 15.1. The maximum atomic E-state index is 12.4. The number of carbonyl (C=O) groups excluding carboxylic acids is 1. The van der Waals surface area contributed by atoms with Gasteiger partial charge >= 0.3 is 0 Å². The number of Topliss-reactive ketones (excluding diaryl/α,β-unsaturated/α-hetero) is 1. The predicted octanol–water partition coefficient (Wildman–Crippen LogP) is 3.46. The summed E-state index contributed by atoms with van der Waals surface area (Å²) in [6, 6.07) is 6.29. The molecule has 1 aromatic rings. The molecule has 0 aliphatic carbocycles. The molecule has 0 fully saturated rings. The highest BCUT2D eigenvalue weighted by Crippen LogP contribution is 2.34. The van der Waals surface area contributed by atoms with E-state index in [1.165, 1.54) is 13.0 Å². The standard InChI is InChI=1S/C12H14BrClO3S/c1-3-12(13,18(16,17)4-2)11(15)9-6-5-7-10(14)8-9/h5-8H,3-4H2,1-2H3/t12-/m1/s1. The molecule has 0 saturated heterocycles. The smallest absolute Gasteiger partial charge is 0.194 e. The van der Waals surface area contributed by atoms with E-state index < -0.39 is 19.3 Å². The molecule has 1 rings (SSSR count). The van der Waals surface area contributed by atoms with Gasteiger partial charge in [0.05, 0.1) is 0 Å². The number of alkyl halides is 1. The van der Waals surface area contributed by atoms with Gasteiger partial charge in [-0.2, -0.15) is 0 Å². The Balaban J connectivity index is 3.31. The van der Waals surface area contributed by atoms with Gasteiger partial charge in [0, 0.05) is 16.3 Å². The third-order valence-electron chi connectivity index (χ3n) is 2.75. The minimum atomic E-state index is -3.55. The minimum Gasteiger partial charge on any atom is -0.291 e. The van der Waals surface area contributed by atoms with Crippen LogP contribution in [-0.2, 0) is 9.84 Å². The van der Waals surface area contributed by atoms with Crippen LogP contribution in [0.1, 0.15) is 30.6 Å². The molecular formula is C12H14BrClO3S. The fourth-order valence-electron chi connectivity index (χ4n) is 1.60. The Morgan fingerprint density at radius 1 is 1.39 bits per heavy atom. The monoisotopic (exact) mass is 352 g/mol. The lowest BCUT2D eigenvalue weighted by Gasteiger charge is -2.24. The van der Waals surface area contributed by atoms with E-state index in [1.54, 1.807) is 25.1 Å². The highest BCUT2D eigenvalue weighted by Gasteiger charge is 2.45. The van der Waals surface area contributed by atoms with Crippen molar-refractivity contribution < 1.29 is 13.2 Å². The molecule has 1 aromatic carbocycles. The van der Waals surface area contributed by atoms with Crippen LogP contribution in [0.5, 0.6) is 0 Å². The molecule has 0 aliphatic rings. The van der Waals surface area contributed by atoms with E-state index in [0.29, 0.717) is 10.6 Å². The lowest BCUT2D eigenvalue weighted by atomic mass is 10.1. The van der Waals surface area contributed by atoms with Crippen molar-refractivity contribution in [2.24, 2.45) is 0 Å². The number of sulfone groups is 1. The van der Waals surface area contributed by atoms with Crippen molar-refractivity contribution in [1.29, 1.82) is 0 Å². The molecule has 0 radical (unpaired) electrons. The van der Waals surface area contributed by atoms with Crippen LogP contribution in [0.25, 0.3) is 0 Å². The van der Waals surface area contributed by atoms with Gasteiger partial charge in [-0.1, -0.05) is 53.5 Å². The van der Waals surface area contributed by atoms with Gasteiger partial charge in [0.1, 0.15) is 0 Å². The van der Waals surface area contributed by atoms with Gasteiger partial charge in [-0.25, -0.2) is 8.42 Å². The summed E-state index contributed by atoms with van der Waals surface area (Å²) in [5.74, 6) is -0.576. The quantitative estimate of drug-likeness (QED) is 0.602. The van der Waals surface area contributed by atoms with Gasteiger partial charge in [-0.05, 0) is 18.6 Å². The first-order valence-electron chi connectivity index (χ1n) is 5.50. The summed E-state index contributed by atoms with van der Waals surface area (Å²) in [7, 11) is -3.55. The van der Waals surface area contributed by atoms with Crippen LogP contribution in [0.2, 0.25) is 5.02 Å². The van der Waals surface area contributed by atoms with Gasteiger partial charge in [-0.15, -0.1) is 0 Å². The van der Waals surface area contributed by atoms with Crippen LogP contribution in [0, 0.1) is 0 Å². The van der Waals surface area contributed by atoms with Gasteiger partial charge in [0.15, 0.2) is 19.3 Å². The van der Waals surface area contributed by atoms with E-state index in [0.717, 1.165) is 0 Å². The number of carbonyl (C=O) groups is 1. The average molecular weight is 354 g/mol. The van der Waals surface area contributed by atoms with Crippen molar-refractivity contribution >= 4 is 43.2 Å². The first-order chi connectivity index (χ1) is 8.28.